The third kappa shape index (κ3) is 7.04. The number of rotatable bonds is 7. The molecule has 1 atom stereocenters. The second kappa shape index (κ2) is 11.0. The van der Waals surface area contributed by atoms with Crippen LogP contribution in [0.25, 0.3) is 0 Å². The van der Waals surface area contributed by atoms with Crippen LogP contribution >= 0.6 is 8.58 Å². The summed E-state index contributed by atoms with van der Waals surface area (Å²) < 4.78 is 11.5. The van der Waals surface area contributed by atoms with E-state index in [-0.39, 0.29) is 17.6 Å². The highest BCUT2D eigenvalue weighted by molar-refractivity contribution is 7.56. The Morgan fingerprint density at radius 3 is 2.27 bits per heavy atom. The number of piperidine rings is 1. The topological polar surface area (TPSA) is 34.1 Å². The van der Waals surface area contributed by atoms with Crippen LogP contribution < -0.4 is 15.3 Å². The van der Waals surface area contributed by atoms with Crippen molar-refractivity contribution in [3.05, 3.63) is 53.1 Å². The van der Waals surface area contributed by atoms with E-state index in [2.05, 4.69) is 82.9 Å². The predicted molar refractivity (Wildman–Crippen MR) is 143 cm³/mol. The fourth-order valence-corrected chi connectivity index (χ4v) is 5.30. The van der Waals surface area contributed by atoms with Crippen LogP contribution in [0.1, 0.15) is 77.5 Å². The summed E-state index contributed by atoms with van der Waals surface area (Å²) in [5.74, 6) is 0.957. The molecule has 1 fully saturated rings. The van der Waals surface area contributed by atoms with E-state index < -0.39 is 0 Å². The van der Waals surface area contributed by atoms with Crippen molar-refractivity contribution in [3.8, 4) is 5.75 Å². The van der Waals surface area contributed by atoms with E-state index in [1.165, 1.54) is 46.6 Å². The molecule has 180 valence electrons. The van der Waals surface area contributed by atoms with E-state index >= 15 is 0 Å². The summed E-state index contributed by atoms with van der Waals surface area (Å²) in [4.78, 5) is 0. The number of benzene rings is 2. The minimum atomic E-state index is -0.0429. The maximum atomic E-state index is 6.22. The smallest absolute Gasteiger partial charge is 0.188 e. The third-order valence-electron chi connectivity index (χ3n) is 6.01. The van der Waals surface area contributed by atoms with Gasteiger partial charge in [0.15, 0.2) is 6.79 Å². The zero-order chi connectivity index (χ0) is 24.1. The molecule has 2 aromatic carbocycles. The summed E-state index contributed by atoms with van der Waals surface area (Å²) in [6.45, 7) is 15.9. The molecule has 0 amide bonds. The van der Waals surface area contributed by atoms with Crippen LogP contribution in [-0.2, 0) is 15.6 Å². The van der Waals surface area contributed by atoms with Crippen LogP contribution in [0.4, 0.5) is 0 Å². The number of ether oxygens (including phenoxy) is 2. The molecule has 1 aliphatic heterocycles. The van der Waals surface area contributed by atoms with Gasteiger partial charge < -0.3 is 9.47 Å². The average Bonchev–Trinajstić information content (AvgIpc) is 2.76. The van der Waals surface area contributed by atoms with Crippen molar-refractivity contribution >= 4 is 25.4 Å². The van der Waals surface area contributed by atoms with Crippen LogP contribution in [0, 0.1) is 0 Å². The second-order valence-electron chi connectivity index (χ2n) is 10.9. The molecule has 0 aliphatic carbocycles. The first-order chi connectivity index (χ1) is 15.6. The van der Waals surface area contributed by atoms with Gasteiger partial charge in [0.25, 0.3) is 0 Å². The summed E-state index contributed by atoms with van der Waals surface area (Å²) in [6, 6.07) is 13.3. The van der Waals surface area contributed by atoms with Crippen molar-refractivity contribution in [2.75, 3.05) is 27.0 Å². The van der Waals surface area contributed by atoms with Crippen molar-refractivity contribution in [1.82, 2.24) is 5.01 Å². The lowest BCUT2D eigenvalue weighted by molar-refractivity contribution is 0.0506. The Kier molecular flexibility index (Phi) is 8.59. The predicted octanol–water partition coefficient (Wildman–Crippen LogP) is 5.71. The van der Waals surface area contributed by atoms with Crippen LogP contribution in [0.3, 0.4) is 0 Å². The van der Waals surface area contributed by atoms with Gasteiger partial charge in [0.05, 0.1) is 6.21 Å². The molecule has 5 heteroatoms. The molecule has 1 heterocycles. The summed E-state index contributed by atoms with van der Waals surface area (Å²) >= 11 is 0. The van der Waals surface area contributed by atoms with Crippen LogP contribution in [0.2, 0.25) is 0 Å². The van der Waals surface area contributed by atoms with Gasteiger partial charge in [-0.1, -0.05) is 80.5 Å². The van der Waals surface area contributed by atoms with Gasteiger partial charge in [0.2, 0.25) is 0 Å². The molecular weight excluding hydrogens is 427 g/mol. The van der Waals surface area contributed by atoms with Gasteiger partial charge in [0, 0.05) is 36.6 Å². The van der Waals surface area contributed by atoms with E-state index in [0.717, 1.165) is 18.8 Å². The van der Waals surface area contributed by atoms with Crippen molar-refractivity contribution in [3.63, 3.8) is 0 Å². The normalized spacial score (nSPS) is 15.7. The Hall–Kier alpha value is -1.90. The molecule has 0 bridgehead atoms. The lowest BCUT2D eigenvalue weighted by atomic mass is 9.80. The Labute approximate surface area is 202 Å². The fourth-order valence-electron chi connectivity index (χ4n) is 3.99. The van der Waals surface area contributed by atoms with Crippen molar-refractivity contribution in [1.29, 1.82) is 0 Å². The molecule has 2 aromatic rings. The highest BCUT2D eigenvalue weighted by Crippen LogP contribution is 2.37. The maximum absolute atomic E-state index is 6.22. The Bertz CT molecular complexity index is 951. The minimum absolute atomic E-state index is 0.0429. The van der Waals surface area contributed by atoms with Gasteiger partial charge in [-0.15, -0.1) is 0 Å². The highest BCUT2D eigenvalue weighted by atomic mass is 31.1. The number of hydrazone groups is 1. The standard InChI is InChI=1S/C28H41N2O2P/c1-27(2,3)22-17-23(28(4,5)6)26(32-20-31-7)25(18-22)33-24-14-10-9-13-21(24)19-29-30-15-11-8-12-16-30/h9-10,13-14,17-19,33H,8,11-12,15-16,20H2,1-7H3/b29-19-. The van der Waals surface area contributed by atoms with Crippen LogP contribution in [-0.4, -0.2) is 38.2 Å². The molecule has 1 saturated heterocycles. The number of hydrogen-bond acceptors (Lipinski definition) is 4. The number of nitrogens with zero attached hydrogens (tertiary/aromatic N) is 2. The fraction of sp³-hybridized carbons (Fsp3) is 0.536. The van der Waals surface area contributed by atoms with Crippen molar-refractivity contribution < 1.29 is 9.47 Å². The van der Waals surface area contributed by atoms with Crippen LogP contribution in [0.15, 0.2) is 41.5 Å². The maximum Gasteiger partial charge on any atom is 0.188 e. The largest absolute Gasteiger partial charge is 0.467 e. The van der Waals surface area contributed by atoms with E-state index in [1.54, 1.807) is 7.11 Å². The first kappa shape index (κ1) is 25.7. The molecule has 3 rings (SSSR count). The summed E-state index contributed by atoms with van der Waals surface area (Å²) in [7, 11) is 2.14. The quantitative estimate of drug-likeness (QED) is 0.296. The van der Waals surface area contributed by atoms with Crippen molar-refractivity contribution in [2.24, 2.45) is 5.10 Å². The molecule has 0 aromatic heterocycles. The zero-order valence-corrected chi connectivity index (χ0v) is 22.5. The molecule has 0 saturated carbocycles. The van der Waals surface area contributed by atoms with Gasteiger partial charge in [-0.3, -0.25) is 5.01 Å². The van der Waals surface area contributed by atoms with Gasteiger partial charge in [0.1, 0.15) is 5.75 Å². The second-order valence-corrected chi connectivity index (χ2v) is 12.2. The summed E-state index contributed by atoms with van der Waals surface area (Å²) in [5.41, 5.74) is 3.75. The highest BCUT2D eigenvalue weighted by Gasteiger charge is 2.26. The van der Waals surface area contributed by atoms with Gasteiger partial charge in [-0.05, 0) is 47.0 Å². The Balaban J connectivity index is 2.04. The average molecular weight is 469 g/mol. The summed E-state index contributed by atoms with van der Waals surface area (Å²) in [5, 5.41) is 9.51. The van der Waals surface area contributed by atoms with E-state index in [9.17, 15) is 0 Å². The molecule has 0 N–H and O–H groups in total. The SMILES string of the molecule is COCOc1c(Pc2ccccc2/C=N\N2CCCCC2)cc(C(C)(C)C)cc1C(C)(C)C. The van der Waals surface area contributed by atoms with Gasteiger partial charge in [-0.25, -0.2) is 0 Å². The zero-order valence-electron chi connectivity index (χ0n) is 21.5. The van der Waals surface area contributed by atoms with Crippen LogP contribution in [0.5, 0.6) is 5.75 Å². The molecule has 0 radical (unpaired) electrons. The molecule has 1 aliphatic rings. The van der Waals surface area contributed by atoms with Crippen molar-refractivity contribution in [2.45, 2.75) is 71.6 Å². The molecular formula is C28H41N2O2P. The summed E-state index contributed by atoms with van der Waals surface area (Å²) in [6.07, 6.45) is 5.82. The number of methoxy groups -OCH3 is 1. The molecule has 0 spiro atoms. The van der Waals surface area contributed by atoms with E-state index in [0.29, 0.717) is 8.58 Å². The molecule has 33 heavy (non-hydrogen) atoms. The first-order valence-electron chi connectivity index (χ1n) is 12.1. The minimum Gasteiger partial charge on any atom is -0.467 e. The molecule has 1 unspecified atom stereocenters. The number of hydrogen-bond donors (Lipinski definition) is 0. The van der Waals surface area contributed by atoms with Gasteiger partial charge >= 0.3 is 0 Å². The Morgan fingerprint density at radius 1 is 0.939 bits per heavy atom. The molecule has 4 nitrogen and oxygen atoms in total. The third-order valence-corrected chi connectivity index (χ3v) is 7.37. The lowest BCUT2D eigenvalue weighted by Crippen LogP contribution is -2.25. The van der Waals surface area contributed by atoms with E-state index in [1.807, 2.05) is 6.21 Å². The Morgan fingerprint density at radius 2 is 1.64 bits per heavy atom. The van der Waals surface area contributed by atoms with Gasteiger partial charge in [-0.2, -0.15) is 5.10 Å². The monoisotopic (exact) mass is 468 g/mol. The van der Waals surface area contributed by atoms with E-state index in [4.69, 9.17) is 14.6 Å². The lowest BCUT2D eigenvalue weighted by Gasteiger charge is -2.29. The first-order valence-corrected chi connectivity index (χ1v) is 13.1.